The van der Waals surface area contributed by atoms with Gasteiger partial charge in [0.1, 0.15) is 0 Å². The highest BCUT2D eigenvalue weighted by molar-refractivity contribution is 7.16. The molecule has 0 bridgehead atoms. The first-order valence-electron chi connectivity index (χ1n) is 6.34. The van der Waals surface area contributed by atoms with Gasteiger partial charge in [-0.2, -0.15) is 0 Å². The van der Waals surface area contributed by atoms with E-state index in [2.05, 4.69) is 19.8 Å². The molecule has 4 nitrogen and oxygen atoms in total. The van der Waals surface area contributed by atoms with Gasteiger partial charge < -0.3 is 0 Å². The number of aromatic nitrogens is 2. The summed E-state index contributed by atoms with van der Waals surface area (Å²) in [6, 6.07) is 0. The number of piperazine rings is 1. The van der Waals surface area contributed by atoms with Crippen LogP contribution >= 0.6 is 45.9 Å². The largest absolute Gasteiger partial charge is 0.296 e. The van der Waals surface area contributed by atoms with Gasteiger partial charge in [-0.05, 0) is 0 Å². The van der Waals surface area contributed by atoms with Crippen LogP contribution in [0.4, 0.5) is 0 Å². The van der Waals surface area contributed by atoms with Crippen molar-refractivity contribution in [1.82, 2.24) is 19.8 Å². The molecule has 0 amide bonds. The van der Waals surface area contributed by atoms with Gasteiger partial charge >= 0.3 is 0 Å². The van der Waals surface area contributed by atoms with E-state index in [9.17, 15) is 0 Å². The molecule has 0 N–H and O–H groups in total. The predicted molar refractivity (Wildman–Crippen MR) is 84.8 cm³/mol. The molecule has 0 aromatic carbocycles. The highest BCUT2D eigenvalue weighted by Gasteiger charge is 2.18. The zero-order valence-corrected chi connectivity index (χ0v) is 13.9. The molecule has 0 radical (unpaired) electrons. The summed E-state index contributed by atoms with van der Waals surface area (Å²) in [6.45, 7) is 6.18. The van der Waals surface area contributed by atoms with Crippen LogP contribution in [0.25, 0.3) is 0 Å². The maximum Gasteiger partial charge on any atom is 0.183 e. The molecule has 2 aromatic rings. The van der Waals surface area contributed by atoms with Crippen LogP contribution in [0.5, 0.6) is 0 Å². The van der Waals surface area contributed by atoms with Gasteiger partial charge in [-0.1, -0.05) is 23.2 Å². The Morgan fingerprint density at radius 2 is 1.25 bits per heavy atom. The number of nitrogens with zero attached hydrogens (tertiary/aromatic N) is 4. The standard InChI is InChI=1S/C12H14Cl2N4S2/c13-11-15-5-9(19-11)7-17-1-2-18(4-3-17)8-10-6-16-12(14)20-10/h5-6H,1-4,7-8H2. The van der Waals surface area contributed by atoms with Gasteiger partial charge in [0.25, 0.3) is 0 Å². The Labute approximate surface area is 136 Å². The Morgan fingerprint density at radius 1 is 0.850 bits per heavy atom. The molecule has 0 atom stereocenters. The molecule has 108 valence electrons. The van der Waals surface area contributed by atoms with Crippen molar-refractivity contribution in [1.29, 1.82) is 0 Å². The summed E-state index contributed by atoms with van der Waals surface area (Å²) in [5.41, 5.74) is 0. The minimum absolute atomic E-state index is 0.626. The van der Waals surface area contributed by atoms with E-state index in [0.29, 0.717) is 8.93 Å². The maximum absolute atomic E-state index is 5.86. The topological polar surface area (TPSA) is 32.3 Å². The second-order valence-corrected chi connectivity index (χ2v) is 8.11. The normalized spacial score (nSPS) is 17.7. The van der Waals surface area contributed by atoms with Crippen molar-refractivity contribution < 1.29 is 0 Å². The molecule has 0 unspecified atom stereocenters. The lowest BCUT2D eigenvalue weighted by molar-refractivity contribution is 0.123. The van der Waals surface area contributed by atoms with E-state index in [0.717, 1.165) is 39.3 Å². The van der Waals surface area contributed by atoms with E-state index in [1.54, 1.807) is 22.7 Å². The van der Waals surface area contributed by atoms with Crippen molar-refractivity contribution in [2.75, 3.05) is 26.2 Å². The highest BCUT2D eigenvalue weighted by atomic mass is 35.5. The van der Waals surface area contributed by atoms with E-state index >= 15 is 0 Å². The van der Waals surface area contributed by atoms with E-state index in [-0.39, 0.29) is 0 Å². The molecule has 8 heteroatoms. The average Bonchev–Trinajstić information content (AvgIpc) is 3.01. The van der Waals surface area contributed by atoms with Crippen molar-refractivity contribution in [3.8, 4) is 0 Å². The lowest BCUT2D eigenvalue weighted by Crippen LogP contribution is -2.45. The van der Waals surface area contributed by atoms with Crippen LogP contribution in [0.2, 0.25) is 8.93 Å². The van der Waals surface area contributed by atoms with E-state index < -0.39 is 0 Å². The van der Waals surface area contributed by atoms with E-state index in [1.807, 2.05) is 12.4 Å². The van der Waals surface area contributed by atoms with Crippen LogP contribution in [0, 0.1) is 0 Å². The quantitative estimate of drug-likeness (QED) is 0.848. The van der Waals surface area contributed by atoms with E-state index in [4.69, 9.17) is 23.2 Å². The van der Waals surface area contributed by atoms with Crippen molar-refractivity contribution in [3.05, 3.63) is 31.1 Å². The van der Waals surface area contributed by atoms with Crippen molar-refractivity contribution in [2.45, 2.75) is 13.1 Å². The Hall–Kier alpha value is -0.240. The Bertz CT molecular complexity index is 513. The first-order valence-corrected chi connectivity index (χ1v) is 8.73. The summed E-state index contributed by atoms with van der Waals surface area (Å²) in [5.74, 6) is 0. The summed E-state index contributed by atoms with van der Waals surface area (Å²) >= 11 is 14.8. The molecular formula is C12H14Cl2N4S2. The monoisotopic (exact) mass is 348 g/mol. The minimum atomic E-state index is 0.626. The maximum atomic E-state index is 5.86. The van der Waals surface area contributed by atoms with Crippen molar-refractivity contribution in [2.24, 2.45) is 0 Å². The van der Waals surface area contributed by atoms with Gasteiger partial charge in [0, 0.05) is 61.4 Å². The molecule has 1 aliphatic heterocycles. The first kappa shape index (κ1) is 14.7. The fraction of sp³-hybridized carbons (Fsp3) is 0.500. The summed E-state index contributed by atoms with van der Waals surface area (Å²) in [7, 11) is 0. The Balaban J connectivity index is 1.47. The van der Waals surface area contributed by atoms with Crippen LogP contribution < -0.4 is 0 Å². The molecule has 1 aliphatic rings. The van der Waals surface area contributed by atoms with E-state index in [1.165, 1.54) is 9.75 Å². The zero-order valence-electron chi connectivity index (χ0n) is 10.8. The van der Waals surface area contributed by atoms with Gasteiger partial charge in [0.2, 0.25) is 0 Å². The van der Waals surface area contributed by atoms with Gasteiger partial charge in [0.15, 0.2) is 8.93 Å². The summed E-state index contributed by atoms with van der Waals surface area (Å²) in [4.78, 5) is 15.5. The summed E-state index contributed by atoms with van der Waals surface area (Å²) < 4.78 is 1.25. The second kappa shape index (κ2) is 6.68. The summed E-state index contributed by atoms with van der Waals surface area (Å²) in [6.07, 6.45) is 3.75. The molecule has 0 aliphatic carbocycles. The number of halogens is 2. The van der Waals surface area contributed by atoms with Crippen molar-refractivity contribution in [3.63, 3.8) is 0 Å². The van der Waals surface area contributed by atoms with Crippen LogP contribution in [0.1, 0.15) is 9.75 Å². The molecular weight excluding hydrogens is 335 g/mol. The fourth-order valence-electron chi connectivity index (χ4n) is 2.26. The van der Waals surface area contributed by atoms with Crippen LogP contribution in [0.3, 0.4) is 0 Å². The molecule has 20 heavy (non-hydrogen) atoms. The molecule has 1 fully saturated rings. The number of hydrogen-bond donors (Lipinski definition) is 0. The molecule has 0 saturated carbocycles. The van der Waals surface area contributed by atoms with Crippen LogP contribution in [-0.2, 0) is 13.1 Å². The van der Waals surface area contributed by atoms with Gasteiger partial charge in [-0.25, -0.2) is 9.97 Å². The highest BCUT2D eigenvalue weighted by Crippen LogP contribution is 2.22. The summed E-state index contributed by atoms with van der Waals surface area (Å²) in [5, 5.41) is 0. The number of hydrogen-bond acceptors (Lipinski definition) is 6. The average molecular weight is 349 g/mol. The minimum Gasteiger partial charge on any atom is -0.296 e. The number of thiazole rings is 2. The Kier molecular flexibility index (Phi) is 4.91. The molecule has 3 heterocycles. The molecule has 0 spiro atoms. The number of rotatable bonds is 4. The smallest absolute Gasteiger partial charge is 0.183 e. The third-order valence-electron chi connectivity index (χ3n) is 3.27. The SMILES string of the molecule is Clc1ncc(CN2CCN(Cc3cnc(Cl)s3)CC2)s1. The lowest BCUT2D eigenvalue weighted by Gasteiger charge is -2.34. The fourth-order valence-corrected chi connectivity index (χ4v) is 4.30. The molecule has 1 saturated heterocycles. The predicted octanol–water partition coefficient (Wildman–Crippen LogP) is 3.22. The third kappa shape index (κ3) is 3.90. The van der Waals surface area contributed by atoms with Crippen LogP contribution in [-0.4, -0.2) is 45.9 Å². The lowest BCUT2D eigenvalue weighted by atomic mass is 10.3. The van der Waals surface area contributed by atoms with Crippen molar-refractivity contribution >= 4 is 45.9 Å². The molecule has 3 rings (SSSR count). The Morgan fingerprint density at radius 3 is 1.55 bits per heavy atom. The first-order chi connectivity index (χ1) is 9.69. The zero-order chi connectivity index (χ0) is 13.9. The van der Waals surface area contributed by atoms with Gasteiger partial charge in [-0.15, -0.1) is 22.7 Å². The van der Waals surface area contributed by atoms with Gasteiger partial charge in [-0.3, -0.25) is 9.80 Å². The van der Waals surface area contributed by atoms with Crippen LogP contribution in [0.15, 0.2) is 12.4 Å². The second-order valence-electron chi connectivity index (χ2n) is 4.71. The third-order valence-corrected chi connectivity index (χ3v) is 5.47. The van der Waals surface area contributed by atoms with Gasteiger partial charge in [0.05, 0.1) is 0 Å². The molecule has 2 aromatic heterocycles.